The molecule has 0 spiro atoms. The molecule has 0 amide bonds. The van der Waals surface area contributed by atoms with Gasteiger partial charge in [-0.15, -0.1) is 0 Å². The monoisotopic (exact) mass is 653 g/mol. The molecule has 3 heterocycles. The maximum absolute atomic E-state index is 11.1. The third kappa shape index (κ3) is 6.49. The Morgan fingerprint density at radius 1 is 0.756 bits per heavy atom. The van der Waals surface area contributed by atoms with Crippen molar-refractivity contribution in [2.45, 2.75) is 103 Å². The summed E-state index contributed by atoms with van der Waals surface area (Å²) in [6.07, 6.45) is -21.0. The maximum atomic E-state index is 11.1. The van der Waals surface area contributed by atoms with Crippen molar-refractivity contribution in [3.8, 4) is 0 Å². The Morgan fingerprint density at radius 3 is 1.82 bits per heavy atom. The molecule has 45 heavy (non-hydrogen) atoms. The molecule has 19 nitrogen and oxygen atoms in total. The highest BCUT2D eigenvalue weighted by Gasteiger charge is 2.66. The van der Waals surface area contributed by atoms with Crippen molar-refractivity contribution >= 4 is 0 Å². The summed E-state index contributed by atoms with van der Waals surface area (Å²) in [7, 11) is 0. The fraction of sp³-hybridized carbons (Fsp3) is 0.769. The maximum Gasteiger partial charge on any atom is 0.229 e. The number of aliphatic hydroxyl groups is 11. The Labute approximate surface area is 256 Å². The standard InChI is InChI=1S/C26H43N3O16/c27-12-15(33)18(10(6-30)41-22(12)38)43-23-13(28)16(34)19(11(7-31)42-23)44-24-14(29)17(35)21(37)25(8-32,45-24)26(39,40)20(36)9-4-2-1-3-5-9/h1-5,10-24,30-40H,6-8,27-29H2/t10-,11-,12-,13-,14-,15-,16-,17-,18?,19?,20?,21+,22-,23+,24+,25-/m1/s1. The first-order valence-electron chi connectivity index (χ1n) is 14.1. The average molecular weight is 654 g/mol. The second-order valence-corrected chi connectivity index (χ2v) is 11.4. The van der Waals surface area contributed by atoms with Gasteiger partial charge in [0.15, 0.2) is 24.5 Å². The first-order valence-corrected chi connectivity index (χ1v) is 14.1. The Morgan fingerprint density at radius 2 is 1.27 bits per heavy atom. The molecule has 3 unspecified atom stereocenters. The summed E-state index contributed by atoms with van der Waals surface area (Å²) in [4.78, 5) is 0. The van der Waals surface area contributed by atoms with Crippen LogP contribution in [0.25, 0.3) is 0 Å². The molecular formula is C26H43N3O16. The molecule has 3 fully saturated rings. The van der Waals surface area contributed by atoms with E-state index >= 15 is 0 Å². The van der Waals surface area contributed by atoms with Gasteiger partial charge in [-0.25, -0.2) is 0 Å². The summed E-state index contributed by atoms with van der Waals surface area (Å²) in [6, 6.07) is 2.63. The second kappa shape index (κ2) is 14.3. The normalized spacial score (nSPS) is 45.3. The molecule has 1 aromatic rings. The lowest BCUT2D eigenvalue weighted by molar-refractivity contribution is -0.423. The van der Waals surface area contributed by atoms with Crippen molar-refractivity contribution in [3.05, 3.63) is 35.9 Å². The van der Waals surface area contributed by atoms with E-state index in [0.29, 0.717) is 0 Å². The number of hydrogen-bond acceptors (Lipinski definition) is 19. The SMILES string of the molecule is N[C@H]1[C@@H](OC2[C@@H](CO)O[C@@H](OC3[C@@H](CO)O[C@@H](O)[C@H](N)[C@H]3O)[C@H](N)[C@H]2O)O[C@@](CO)(C(O)(O)C(O)c2ccccc2)[C@@H](O)[C@@H]1O. The lowest BCUT2D eigenvalue weighted by atomic mass is 9.76. The first-order chi connectivity index (χ1) is 21.2. The molecule has 17 N–H and O–H groups in total. The van der Waals surface area contributed by atoms with E-state index < -0.39 is 123 Å². The van der Waals surface area contributed by atoms with Crippen molar-refractivity contribution in [3.63, 3.8) is 0 Å². The van der Waals surface area contributed by atoms with E-state index in [-0.39, 0.29) is 5.56 Å². The van der Waals surface area contributed by atoms with Crippen LogP contribution in [0.1, 0.15) is 11.7 Å². The number of aliphatic hydroxyl groups excluding tert-OH is 9. The van der Waals surface area contributed by atoms with Crippen molar-refractivity contribution < 1.29 is 79.9 Å². The van der Waals surface area contributed by atoms with Gasteiger partial charge in [0.25, 0.3) is 0 Å². The van der Waals surface area contributed by atoms with Gasteiger partial charge >= 0.3 is 0 Å². The summed E-state index contributed by atoms with van der Waals surface area (Å²) < 4.78 is 27.9. The summed E-state index contributed by atoms with van der Waals surface area (Å²) in [5, 5.41) is 116. The molecule has 258 valence electrons. The van der Waals surface area contributed by atoms with Gasteiger partial charge in [0.05, 0.1) is 37.9 Å². The Hall–Kier alpha value is -1.54. The van der Waals surface area contributed by atoms with Crippen molar-refractivity contribution in [1.29, 1.82) is 0 Å². The molecule has 3 saturated heterocycles. The molecule has 16 atom stereocenters. The highest BCUT2D eigenvalue weighted by Crippen LogP contribution is 2.43. The zero-order chi connectivity index (χ0) is 33.4. The molecular weight excluding hydrogens is 610 g/mol. The van der Waals surface area contributed by atoms with Gasteiger partial charge in [0.2, 0.25) is 5.79 Å². The Bertz CT molecular complexity index is 1090. The van der Waals surface area contributed by atoms with Gasteiger partial charge in [-0.3, -0.25) is 0 Å². The highest BCUT2D eigenvalue weighted by atomic mass is 16.8. The van der Waals surface area contributed by atoms with Crippen LogP contribution < -0.4 is 17.2 Å². The third-order valence-electron chi connectivity index (χ3n) is 8.59. The number of nitrogens with two attached hydrogens (primary N) is 3. The first kappa shape index (κ1) is 36.3. The predicted octanol–water partition coefficient (Wildman–Crippen LogP) is -7.89. The van der Waals surface area contributed by atoms with Crippen molar-refractivity contribution in [1.82, 2.24) is 0 Å². The minimum Gasteiger partial charge on any atom is -0.394 e. The van der Waals surface area contributed by atoms with E-state index in [1.54, 1.807) is 6.07 Å². The molecule has 1 aromatic carbocycles. The zero-order valence-electron chi connectivity index (χ0n) is 23.9. The van der Waals surface area contributed by atoms with Crippen molar-refractivity contribution in [2.75, 3.05) is 19.8 Å². The van der Waals surface area contributed by atoms with Crippen LogP contribution in [-0.2, 0) is 23.7 Å². The Balaban J connectivity index is 1.57. The number of benzene rings is 1. The zero-order valence-corrected chi connectivity index (χ0v) is 23.9. The minimum absolute atomic E-state index is 0.0613. The number of ether oxygens (including phenoxy) is 5. The van der Waals surface area contributed by atoms with Gasteiger partial charge < -0.3 is 97.1 Å². The van der Waals surface area contributed by atoms with Crippen LogP contribution in [-0.4, -0.2) is 173 Å². The van der Waals surface area contributed by atoms with Crippen LogP contribution in [0.2, 0.25) is 0 Å². The molecule has 4 rings (SSSR count). The highest BCUT2D eigenvalue weighted by molar-refractivity contribution is 5.23. The average Bonchev–Trinajstić information content (AvgIpc) is 3.04. The summed E-state index contributed by atoms with van der Waals surface area (Å²) in [6.45, 7) is -2.99. The molecule has 0 bridgehead atoms. The van der Waals surface area contributed by atoms with Crippen molar-refractivity contribution in [2.24, 2.45) is 17.2 Å². The van der Waals surface area contributed by atoms with Gasteiger partial charge in [-0.05, 0) is 5.56 Å². The largest absolute Gasteiger partial charge is 0.394 e. The van der Waals surface area contributed by atoms with Crippen LogP contribution in [0.5, 0.6) is 0 Å². The van der Waals surface area contributed by atoms with Gasteiger partial charge in [-0.1, -0.05) is 30.3 Å². The van der Waals surface area contributed by atoms with E-state index in [4.69, 9.17) is 40.9 Å². The van der Waals surface area contributed by atoms with Crippen LogP contribution >= 0.6 is 0 Å². The molecule has 0 saturated carbocycles. The smallest absolute Gasteiger partial charge is 0.229 e. The van der Waals surface area contributed by atoms with Crippen LogP contribution in [0, 0.1) is 0 Å². The third-order valence-corrected chi connectivity index (χ3v) is 8.59. The van der Waals surface area contributed by atoms with E-state index in [1.807, 2.05) is 0 Å². The van der Waals surface area contributed by atoms with Gasteiger partial charge in [0, 0.05) is 0 Å². The molecule has 3 aliphatic rings. The van der Waals surface area contributed by atoms with Gasteiger partial charge in [0.1, 0.15) is 54.9 Å². The molecule has 19 heteroatoms. The summed E-state index contributed by atoms with van der Waals surface area (Å²) in [5.41, 5.74) is 14.9. The van der Waals surface area contributed by atoms with E-state index in [1.165, 1.54) is 24.3 Å². The fourth-order valence-electron chi connectivity index (χ4n) is 5.73. The van der Waals surface area contributed by atoms with E-state index in [0.717, 1.165) is 0 Å². The predicted molar refractivity (Wildman–Crippen MR) is 145 cm³/mol. The molecule has 3 aliphatic heterocycles. The fourth-order valence-corrected chi connectivity index (χ4v) is 5.73. The lowest BCUT2D eigenvalue weighted by Gasteiger charge is -2.55. The second-order valence-electron chi connectivity index (χ2n) is 11.4. The topological polar surface area (TPSA) is 347 Å². The summed E-state index contributed by atoms with van der Waals surface area (Å²) in [5.74, 6) is -3.49. The number of rotatable bonds is 10. The lowest BCUT2D eigenvalue weighted by Crippen LogP contribution is -2.78. The van der Waals surface area contributed by atoms with E-state index in [2.05, 4.69) is 0 Å². The minimum atomic E-state index is -3.49. The quantitative estimate of drug-likeness (QED) is 0.104. The summed E-state index contributed by atoms with van der Waals surface area (Å²) >= 11 is 0. The van der Waals surface area contributed by atoms with Gasteiger partial charge in [-0.2, -0.15) is 0 Å². The van der Waals surface area contributed by atoms with Crippen LogP contribution in [0.15, 0.2) is 30.3 Å². The number of hydrogen-bond donors (Lipinski definition) is 14. The molecule has 0 aromatic heterocycles. The van der Waals surface area contributed by atoms with Crippen LogP contribution in [0.4, 0.5) is 0 Å². The van der Waals surface area contributed by atoms with Crippen LogP contribution in [0.3, 0.4) is 0 Å². The van der Waals surface area contributed by atoms with E-state index in [9.17, 15) is 56.2 Å². The molecule has 0 aliphatic carbocycles. The molecule has 0 radical (unpaired) electrons. The Kier molecular flexibility index (Phi) is 11.5.